The minimum absolute atomic E-state index is 0.172. The van der Waals surface area contributed by atoms with Gasteiger partial charge in [0.2, 0.25) is 0 Å². The van der Waals surface area contributed by atoms with E-state index in [1.807, 2.05) is 0 Å². The number of amides is 1. The van der Waals surface area contributed by atoms with Gasteiger partial charge in [0, 0.05) is 17.3 Å². The molecule has 0 saturated heterocycles. The van der Waals surface area contributed by atoms with Crippen molar-refractivity contribution in [2.75, 3.05) is 4.90 Å². The van der Waals surface area contributed by atoms with E-state index in [1.54, 1.807) is 0 Å². The summed E-state index contributed by atoms with van der Waals surface area (Å²) in [5.41, 5.74) is -0.966. The molecule has 0 fully saturated rings. The number of fused-ring (bicyclic) bond motifs is 1. The summed E-state index contributed by atoms with van der Waals surface area (Å²) < 4.78 is 13.4. The highest BCUT2D eigenvalue weighted by atomic mass is 19.1. The molecule has 2 heterocycles. The van der Waals surface area contributed by atoms with Gasteiger partial charge in [0.25, 0.3) is 5.91 Å². The zero-order valence-electron chi connectivity index (χ0n) is 11.1. The number of halogens is 1. The largest absolute Gasteiger partial charge is 0.375 e. The molecule has 0 bridgehead atoms. The zero-order valence-corrected chi connectivity index (χ0v) is 11.1. The second-order valence-electron chi connectivity index (χ2n) is 4.94. The van der Waals surface area contributed by atoms with Crippen LogP contribution in [0.2, 0.25) is 0 Å². The Balaban J connectivity index is 2.21. The molecule has 1 aromatic heterocycles. The van der Waals surface area contributed by atoms with Gasteiger partial charge < -0.3 is 5.11 Å². The van der Waals surface area contributed by atoms with Crippen molar-refractivity contribution in [3.63, 3.8) is 0 Å². The predicted molar refractivity (Wildman–Crippen MR) is 72.7 cm³/mol. The van der Waals surface area contributed by atoms with Crippen LogP contribution in [-0.2, 0) is 10.4 Å². The second kappa shape index (κ2) is 4.46. The third-order valence-electron chi connectivity index (χ3n) is 3.48. The third-order valence-corrected chi connectivity index (χ3v) is 3.48. The minimum atomic E-state index is -1.84. The fourth-order valence-corrected chi connectivity index (χ4v) is 2.39. The van der Waals surface area contributed by atoms with Gasteiger partial charge in [-0.15, -0.1) is 0 Å². The molecular weight excluding hydrogens is 275 g/mol. The highest BCUT2D eigenvalue weighted by Crippen LogP contribution is 2.43. The Hall–Kier alpha value is -2.60. The van der Waals surface area contributed by atoms with Crippen LogP contribution in [0.3, 0.4) is 0 Å². The average molecular weight is 286 g/mol. The molecule has 1 amide bonds. The van der Waals surface area contributed by atoms with Gasteiger partial charge in [-0.25, -0.2) is 9.37 Å². The van der Waals surface area contributed by atoms with Crippen molar-refractivity contribution in [2.45, 2.75) is 12.5 Å². The van der Waals surface area contributed by atoms with Crippen LogP contribution < -0.4 is 4.90 Å². The Morgan fingerprint density at radius 1 is 1.33 bits per heavy atom. The maximum atomic E-state index is 13.4. The molecule has 0 spiro atoms. The first kappa shape index (κ1) is 13.4. The summed E-state index contributed by atoms with van der Waals surface area (Å²) in [6, 6.07) is 6.65. The van der Waals surface area contributed by atoms with Crippen LogP contribution in [0.4, 0.5) is 15.9 Å². The number of carbonyl (C=O) groups is 2. The highest BCUT2D eigenvalue weighted by molar-refractivity contribution is 6.11. The van der Waals surface area contributed by atoms with E-state index < -0.39 is 17.3 Å². The summed E-state index contributed by atoms with van der Waals surface area (Å²) in [4.78, 5) is 28.5. The van der Waals surface area contributed by atoms with Crippen molar-refractivity contribution >= 4 is 23.7 Å². The van der Waals surface area contributed by atoms with E-state index in [2.05, 4.69) is 4.98 Å². The van der Waals surface area contributed by atoms with Crippen molar-refractivity contribution in [3.05, 3.63) is 53.5 Å². The second-order valence-corrected chi connectivity index (χ2v) is 4.94. The molecule has 106 valence electrons. The van der Waals surface area contributed by atoms with Crippen LogP contribution in [0.25, 0.3) is 0 Å². The van der Waals surface area contributed by atoms with Crippen LogP contribution in [0.15, 0.2) is 36.5 Å². The summed E-state index contributed by atoms with van der Waals surface area (Å²) >= 11 is 0. The van der Waals surface area contributed by atoms with Gasteiger partial charge in [-0.05, 0) is 37.3 Å². The van der Waals surface area contributed by atoms with Gasteiger partial charge in [0.15, 0.2) is 5.60 Å². The van der Waals surface area contributed by atoms with E-state index in [-0.39, 0.29) is 11.4 Å². The molecule has 2 aromatic rings. The number of nitrogens with zero attached hydrogens (tertiary/aromatic N) is 2. The molecule has 5 nitrogen and oxygen atoms in total. The minimum Gasteiger partial charge on any atom is -0.375 e. The highest BCUT2D eigenvalue weighted by Gasteiger charge is 2.47. The first-order chi connectivity index (χ1) is 9.95. The normalized spacial score (nSPS) is 20.5. The average Bonchev–Trinajstić information content (AvgIpc) is 2.67. The first-order valence-corrected chi connectivity index (χ1v) is 6.23. The number of rotatable bonds is 2. The van der Waals surface area contributed by atoms with E-state index in [0.29, 0.717) is 17.5 Å². The third kappa shape index (κ3) is 1.92. The van der Waals surface area contributed by atoms with Crippen molar-refractivity contribution in [1.29, 1.82) is 0 Å². The van der Waals surface area contributed by atoms with E-state index in [4.69, 9.17) is 0 Å². The number of carbonyl (C=O) groups excluding carboxylic acids is 2. The molecule has 0 saturated carbocycles. The standard InChI is InChI=1S/C15H11FN2O3/c1-15(21)11-7-10(16)2-3-12(11)18(14(15)20)13-6-9(8-19)4-5-17-13/h2-8,21H,1H3. The molecule has 1 aliphatic heterocycles. The molecular formula is C15H11FN2O3. The van der Waals surface area contributed by atoms with Crippen LogP contribution in [-0.4, -0.2) is 22.3 Å². The lowest BCUT2D eigenvalue weighted by molar-refractivity contribution is -0.133. The van der Waals surface area contributed by atoms with Crippen LogP contribution in [0.1, 0.15) is 22.8 Å². The number of aliphatic hydroxyl groups is 1. The number of pyridine rings is 1. The number of hydrogen-bond acceptors (Lipinski definition) is 4. The van der Waals surface area contributed by atoms with E-state index in [9.17, 15) is 19.1 Å². The van der Waals surface area contributed by atoms with E-state index >= 15 is 0 Å². The van der Waals surface area contributed by atoms with Gasteiger partial charge in [0.1, 0.15) is 17.9 Å². The lowest BCUT2D eigenvalue weighted by atomic mass is 9.98. The van der Waals surface area contributed by atoms with Crippen molar-refractivity contribution in [2.24, 2.45) is 0 Å². The Morgan fingerprint density at radius 2 is 2.10 bits per heavy atom. The van der Waals surface area contributed by atoms with E-state index in [1.165, 1.54) is 42.3 Å². The molecule has 6 heteroatoms. The summed E-state index contributed by atoms with van der Waals surface area (Å²) in [6.45, 7) is 1.30. The van der Waals surface area contributed by atoms with E-state index in [0.717, 1.165) is 6.07 Å². The van der Waals surface area contributed by atoms with Gasteiger partial charge >= 0.3 is 0 Å². The van der Waals surface area contributed by atoms with Crippen molar-refractivity contribution in [1.82, 2.24) is 4.98 Å². The number of benzene rings is 1. The fourth-order valence-electron chi connectivity index (χ4n) is 2.39. The molecule has 0 radical (unpaired) electrons. The monoisotopic (exact) mass is 286 g/mol. The van der Waals surface area contributed by atoms with Gasteiger partial charge in [0.05, 0.1) is 5.69 Å². The molecule has 1 aromatic carbocycles. The van der Waals surface area contributed by atoms with Gasteiger partial charge in [-0.3, -0.25) is 14.5 Å². The smallest absolute Gasteiger partial charge is 0.269 e. The molecule has 1 N–H and O–H groups in total. The molecule has 1 unspecified atom stereocenters. The number of aldehydes is 1. The predicted octanol–water partition coefficient (Wildman–Crippen LogP) is 1.92. The number of aromatic nitrogens is 1. The van der Waals surface area contributed by atoms with Crippen molar-refractivity contribution < 1.29 is 19.1 Å². The SMILES string of the molecule is CC1(O)C(=O)N(c2cc(C=O)ccn2)c2ccc(F)cc21. The summed E-state index contributed by atoms with van der Waals surface area (Å²) in [5, 5.41) is 10.3. The Bertz CT molecular complexity index is 758. The molecule has 1 aliphatic rings. The van der Waals surface area contributed by atoms with Crippen LogP contribution in [0.5, 0.6) is 0 Å². The lowest BCUT2D eigenvalue weighted by Crippen LogP contribution is -2.35. The Kier molecular flexibility index (Phi) is 2.84. The molecule has 1 atom stereocenters. The number of hydrogen-bond donors (Lipinski definition) is 1. The Labute approximate surface area is 119 Å². The summed E-state index contributed by atoms with van der Waals surface area (Å²) in [7, 11) is 0. The van der Waals surface area contributed by atoms with Crippen molar-refractivity contribution in [3.8, 4) is 0 Å². The lowest BCUT2D eigenvalue weighted by Gasteiger charge is -2.18. The summed E-state index contributed by atoms with van der Waals surface area (Å²) in [6.07, 6.45) is 2.03. The molecule has 3 rings (SSSR count). The molecule has 0 aliphatic carbocycles. The molecule has 21 heavy (non-hydrogen) atoms. The maximum absolute atomic E-state index is 13.4. The van der Waals surface area contributed by atoms with Gasteiger partial charge in [-0.2, -0.15) is 0 Å². The van der Waals surface area contributed by atoms with Crippen LogP contribution in [0, 0.1) is 5.82 Å². The fraction of sp³-hybridized carbons (Fsp3) is 0.133. The quantitative estimate of drug-likeness (QED) is 0.856. The topological polar surface area (TPSA) is 70.5 Å². The Morgan fingerprint density at radius 3 is 2.81 bits per heavy atom. The summed E-state index contributed by atoms with van der Waals surface area (Å²) in [5.74, 6) is -0.979. The van der Waals surface area contributed by atoms with Crippen LogP contribution >= 0.6 is 0 Å². The van der Waals surface area contributed by atoms with Gasteiger partial charge in [-0.1, -0.05) is 0 Å². The number of anilines is 2. The maximum Gasteiger partial charge on any atom is 0.269 e. The first-order valence-electron chi connectivity index (χ1n) is 6.23. The zero-order chi connectivity index (χ0) is 15.2.